The van der Waals surface area contributed by atoms with Crippen molar-refractivity contribution >= 4 is 5.78 Å². The van der Waals surface area contributed by atoms with Gasteiger partial charge in [-0.2, -0.15) is 0 Å². The van der Waals surface area contributed by atoms with Gasteiger partial charge in [-0.05, 0) is 17.7 Å². The second kappa shape index (κ2) is 8.44. The summed E-state index contributed by atoms with van der Waals surface area (Å²) >= 11 is 0. The summed E-state index contributed by atoms with van der Waals surface area (Å²) in [4.78, 5) is 12.5. The van der Waals surface area contributed by atoms with Crippen molar-refractivity contribution in [3.63, 3.8) is 0 Å². The largest absolute Gasteiger partial charge is 0.507 e. The third-order valence-electron chi connectivity index (χ3n) is 3.99. The Hall–Kier alpha value is -2.93. The number of rotatable bonds is 8. The monoisotopic (exact) mass is 362 g/mol. The number of ether oxygens (including phenoxy) is 4. The molecule has 2 rings (SSSR count). The molecule has 0 fully saturated rings. The minimum absolute atomic E-state index is 0.144. The number of aromatic hydroxyl groups is 1. The van der Waals surface area contributed by atoms with Crippen molar-refractivity contribution in [2.75, 3.05) is 28.4 Å². The highest BCUT2D eigenvalue weighted by molar-refractivity contribution is 5.87. The van der Waals surface area contributed by atoms with Crippen LogP contribution in [0.25, 0.3) is 0 Å². The minimum atomic E-state index is -1.39. The van der Waals surface area contributed by atoms with Gasteiger partial charge in [0.05, 0.1) is 28.4 Å². The molecule has 0 aliphatic heterocycles. The number of Topliss-reactive ketones (excluding diaryl/α,β-unsaturated/α-hetero) is 1. The first kappa shape index (κ1) is 19.4. The van der Waals surface area contributed by atoms with E-state index >= 15 is 0 Å². The van der Waals surface area contributed by atoms with Crippen LogP contribution >= 0.6 is 0 Å². The molecule has 1 atom stereocenters. The van der Waals surface area contributed by atoms with Crippen LogP contribution in [0, 0.1) is 0 Å². The van der Waals surface area contributed by atoms with E-state index in [4.69, 9.17) is 18.9 Å². The number of phenols is 1. The highest BCUT2D eigenvalue weighted by Gasteiger charge is 2.23. The summed E-state index contributed by atoms with van der Waals surface area (Å²) in [5, 5.41) is 20.6. The molecule has 26 heavy (non-hydrogen) atoms. The van der Waals surface area contributed by atoms with Gasteiger partial charge in [0.2, 0.25) is 0 Å². The number of carbonyl (C=O) groups is 1. The van der Waals surface area contributed by atoms with Gasteiger partial charge in [-0.1, -0.05) is 6.07 Å². The van der Waals surface area contributed by atoms with E-state index in [0.717, 1.165) is 0 Å². The summed E-state index contributed by atoms with van der Waals surface area (Å²) < 4.78 is 20.6. The van der Waals surface area contributed by atoms with Gasteiger partial charge in [-0.25, -0.2) is 0 Å². The third kappa shape index (κ3) is 4.00. The van der Waals surface area contributed by atoms with Crippen molar-refractivity contribution in [1.82, 2.24) is 0 Å². The summed E-state index contributed by atoms with van der Waals surface area (Å²) in [6, 6.07) is 7.66. The standard InChI is InChI=1S/C19H22O7/c1-23-12-8-14(20)13(17(9-12)25-3)10-15(21)19(22)11-5-6-16(24-2)18(7-11)26-4/h5-9,19-20,22H,10H2,1-4H3. The van der Waals surface area contributed by atoms with Crippen LogP contribution in [0.4, 0.5) is 0 Å². The predicted octanol–water partition coefficient (Wildman–Crippen LogP) is 2.27. The van der Waals surface area contributed by atoms with Crippen molar-refractivity contribution in [2.45, 2.75) is 12.5 Å². The maximum Gasteiger partial charge on any atom is 0.170 e. The maximum absolute atomic E-state index is 12.5. The van der Waals surface area contributed by atoms with Gasteiger partial charge < -0.3 is 29.2 Å². The van der Waals surface area contributed by atoms with Crippen molar-refractivity contribution in [3.8, 4) is 28.7 Å². The molecule has 140 valence electrons. The Kier molecular flexibility index (Phi) is 6.30. The molecule has 0 amide bonds. The molecule has 2 aromatic carbocycles. The summed E-state index contributed by atoms with van der Waals surface area (Å²) in [5.41, 5.74) is 0.637. The fraction of sp³-hybridized carbons (Fsp3) is 0.316. The van der Waals surface area contributed by atoms with E-state index in [1.54, 1.807) is 18.2 Å². The molecule has 7 nitrogen and oxygen atoms in total. The zero-order chi connectivity index (χ0) is 19.3. The van der Waals surface area contributed by atoms with Crippen LogP contribution in [0.2, 0.25) is 0 Å². The first-order valence-corrected chi connectivity index (χ1v) is 7.81. The molecule has 0 bridgehead atoms. The van der Waals surface area contributed by atoms with E-state index in [2.05, 4.69) is 0 Å². The second-order valence-electron chi connectivity index (χ2n) is 5.49. The molecule has 0 aliphatic carbocycles. The molecule has 0 radical (unpaired) electrons. The van der Waals surface area contributed by atoms with E-state index in [1.165, 1.54) is 40.6 Å². The van der Waals surface area contributed by atoms with Gasteiger partial charge in [0, 0.05) is 24.1 Å². The number of aliphatic hydroxyl groups is 1. The fourth-order valence-electron chi connectivity index (χ4n) is 2.56. The summed E-state index contributed by atoms with van der Waals surface area (Å²) in [6.07, 6.45) is -1.60. The molecule has 0 aromatic heterocycles. The second-order valence-corrected chi connectivity index (χ2v) is 5.49. The number of methoxy groups -OCH3 is 4. The highest BCUT2D eigenvalue weighted by atomic mass is 16.5. The van der Waals surface area contributed by atoms with E-state index in [0.29, 0.717) is 28.6 Å². The Morgan fingerprint density at radius 3 is 2.15 bits per heavy atom. The van der Waals surface area contributed by atoms with E-state index < -0.39 is 11.9 Å². The van der Waals surface area contributed by atoms with Crippen LogP contribution < -0.4 is 18.9 Å². The van der Waals surface area contributed by atoms with Crippen LogP contribution in [0.5, 0.6) is 28.7 Å². The number of aliphatic hydroxyl groups excluding tert-OH is 1. The smallest absolute Gasteiger partial charge is 0.170 e. The van der Waals surface area contributed by atoms with Gasteiger partial charge in [-0.3, -0.25) is 4.79 Å². The van der Waals surface area contributed by atoms with E-state index in [-0.39, 0.29) is 17.7 Å². The SMILES string of the molecule is COc1cc(O)c(CC(=O)C(O)c2ccc(OC)c(OC)c2)c(OC)c1. The van der Waals surface area contributed by atoms with Crippen molar-refractivity contribution < 1.29 is 34.0 Å². The number of phenolic OH excluding ortho intramolecular Hbond substituents is 1. The van der Waals surface area contributed by atoms with Crippen LogP contribution in [0.1, 0.15) is 17.2 Å². The van der Waals surface area contributed by atoms with E-state index in [9.17, 15) is 15.0 Å². The highest BCUT2D eigenvalue weighted by Crippen LogP contribution is 2.35. The van der Waals surface area contributed by atoms with Gasteiger partial charge in [0.1, 0.15) is 23.4 Å². The Morgan fingerprint density at radius 1 is 0.923 bits per heavy atom. The molecule has 0 heterocycles. The van der Waals surface area contributed by atoms with Gasteiger partial charge >= 0.3 is 0 Å². The lowest BCUT2D eigenvalue weighted by molar-refractivity contribution is -0.126. The Morgan fingerprint density at radius 2 is 1.58 bits per heavy atom. The van der Waals surface area contributed by atoms with Crippen molar-refractivity contribution in [2.24, 2.45) is 0 Å². The van der Waals surface area contributed by atoms with Crippen LogP contribution in [-0.4, -0.2) is 44.4 Å². The third-order valence-corrected chi connectivity index (χ3v) is 3.99. The Balaban J connectivity index is 2.27. The molecule has 0 aliphatic rings. The minimum Gasteiger partial charge on any atom is -0.507 e. The van der Waals surface area contributed by atoms with Crippen LogP contribution in [0.15, 0.2) is 30.3 Å². The summed E-state index contributed by atoms with van der Waals surface area (Å²) in [7, 11) is 5.85. The van der Waals surface area contributed by atoms with Gasteiger partial charge in [0.15, 0.2) is 17.3 Å². The summed E-state index contributed by atoms with van der Waals surface area (Å²) in [6.45, 7) is 0. The van der Waals surface area contributed by atoms with Crippen LogP contribution in [-0.2, 0) is 11.2 Å². The number of benzene rings is 2. The lowest BCUT2D eigenvalue weighted by Crippen LogP contribution is -2.15. The number of ketones is 1. The quantitative estimate of drug-likeness (QED) is 0.744. The average Bonchev–Trinajstić information content (AvgIpc) is 2.67. The Bertz CT molecular complexity index is 786. The topological polar surface area (TPSA) is 94.5 Å². The zero-order valence-corrected chi connectivity index (χ0v) is 15.1. The molecule has 1 unspecified atom stereocenters. The number of carbonyl (C=O) groups excluding carboxylic acids is 1. The maximum atomic E-state index is 12.5. The molecular weight excluding hydrogens is 340 g/mol. The predicted molar refractivity (Wildman–Crippen MR) is 94.4 cm³/mol. The van der Waals surface area contributed by atoms with Crippen molar-refractivity contribution in [1.29, 1.82) is 0 Å². The lowest BCUT2D eigenvalue weighted by atomic mass is 9.98. The molecule has 7 heteroatoms. The van der Waals surface area contributed by atoms with E-state index in [1.807, 2.05) is 0 Å². The number of hydrogen-bond donors (Lipinski definition) is 2. The average molecular weight is 362 g/mol. The summed E-state index contributed by atoms with van der Waals surface area (Å²) in [5.74, 6) is 0.947. The lowest BCUT2D eigenvalue weighted by Gasteiger charge is -2.16. The number of hydrogen-bond acceptors (Lipinski definition) is 7. The molecule has 0 saturated heterocycles. The molecular formula is C19H22O7. The molecule has 2 N–H and O–H groups in total. The Labute approximate surface area is 151 Å². The fourth-order valence-corrected chi connectivity index (χ4v) is 2.56. The van der Waals surface area contributed by atoms with Crippen LogP contribution in [0.3, 0.4) is 0 Å². The first-order chi connectivity index (χ1) is 12.4. The molecule has 0 spiro atoms. The van der Waals surface area contributed by atoms with Gasteiger partial charge in [-0.15, -0.1) is 0 Å². The molecule has 0 saturated carbocycles. The normalized spacial score (nSPS) is 11.6. The zero-order valence-electron chi connectivity index (χ0n) is 15.1. The van der Waals surface area contributed by atoms with Gasteiger partial charge in [0.25, 0.3) is 0 Å². The first-order valence-electron chi connectivity index (χ1n) is 7.81. The molecule has 2 aromatic rings. The van der Waals surface area contributed by atoms with Crippen molar-refractivity contribution in [3.05, 3.63) is 41.5 Å².